The van der Waals surface area contributed by atoms with E-state index in [0.29, 0.717) is 0 Å². The molecule has 0 amide bonds. The lowest BCUT2D eigenvalue weighted by atomic mass is 10.1. The van der Waals surface area contributed by atoms with E-state index in [1.54, 1.807) is 0 Å². The number of benzene rings is 1. The van der Waals surface area contributed by atoms with Crippen LogP contribution in [0.25, 0.3) is 0 Å². The van der Waals surface area contributed by atoms with Crippen LogP contribution in [0.5, 0.6) is 0 Å². The zero-order valence-electron chi connectivity index (χ0n) is 11.3. The maximum Gasteiger partial charge on any atom is 0.0544 e. The van der Waals surface area contributed by atoms with E-state index >= 15 is 0 Å². The zero-order chi connectivity index (χ0) is 13.0. The summed E-state index contributed by atoms with van der Waals surface area (Å²) in [7, 11) is 0. The van der Waals surface area contributed by atoms with E-state index in [2.05, 4.69) is 54.5 Å². The highest BCUT2D eigenvalue weighted by molar-refractivity contribution is 5.30. The molecule has 0 spiro atoms. The molecule has 0 bridgehead atoms. The first kappa shape index (κ1) is 12.8. The van der Waals surface area contributed by atoms with Crippen LogP contribution in [0, 0.1) is 20.8 Å². The number of hydrogen-bond donors (Lipinski definition) is 1. The van der Waals surface area contributed by atoms with Crippen LogP contribution in [0.1, 0.15) is 28.1 Å². The summed E-state index contributed by atoms with van der Waals surface area (Å²) in [5, 5.41) is 3.45. The molecule has 1 aromatic heterocycles. The van der Waals surface area contributed by atoms with E-state index in [1.165, 1.54) is 16.7 Å². The van der Waals surface area contributed by atoms with Crippen LogP contribution >= 0.6 is 0 Å². The molecule has 0 aliphatic rings. The van der Waals surface area contributed by atoms with Crippen molar-refractivity contribution in [2.45, 2.75) is 33.9 Å². The van der Waals surface area contributed by atoms with Crippen molar-refractivity contribution in [3.63, 3.8) is 0 Å². The summed E-state index contributed by atoms with van der Waals surface area (Å²) in [5.74, 6) is 0. The zero-order valence-corrected chi connectivity index (χ0v) is 11.3. The molecule has 2 rings (SSSR count). The Kier molecular flexibility index (Phi) is 4.11. The molecular weight excluding hydrogens is 220 g/mol. The summed E-state index contributed by atoms with van der Waals surface area (Å²) in [6, 6.07) is 12.7. The Balaban J connectivity index is 1.94. The van der Waals surface area contributed by atoms with Crippen molar-refractivity contribution in [2.75, 3.05) is 0 Å². The van der Waals surface area contributed by atoms with E-state index in [1.807, 2.05) is 13.0 Å². The Hall–Kier alpha value is -1.67. The Morgan fingerprint density at radius 1 is 1.00 bits per heavy atom. The smallest absolute Gasteiger partial charge is 0.0544 e. The SMILES string of the molecule is Cc1ccc(C)c(CNCc2cccc(C)n2)c1. The average molecular weight is 240 g/mol. The first-order valence-corrected chi connectivity index (χ1v) is 6.34. The third kappa shape index (κ3) is 3.41. The normalized spacial score (nSPS) is 10.6. The molecule has 0 saturated heterocycles. The van der Waals surface area contributed by atoms with Gasteiger partial charge in [0, 0.05) is 18.8 Å². The predicted octanol–water partition coefficient (Wildman–Crippen LogP) is 3.30. The summed E-state index contributed by atoms with van der Waals surface area (Å²) >= 11 is 0. The van der Waals surface area contributed by atoms with Gasteiger partial charge in [-0.3, -0.25) is 4.98 Å². The predicted molar refractivity (Wildman–Crippen MR) is 75.4 cm³/mol. The van der Waals surface area contributed by atoms with Crippen molar-refractivity contribution in [1.29, 1.82) is 0 Å². The van der Waals surface area contributed by atoms with Crippen LogP contribution in [0.2, 0.25) is 0 Å². The fraction of sp³-hybridized carbons (Fsp3) is 0.312. The van der Waals surface area contributed by atoms with E-state index in [4.69, 9.17) is 0 Å². The van der Waals surface area contributed by atoms with Crippen molar-refractivity contribution in [2.24, 2.45) is 0 Å². The lowest BCUT2D eigenvalue weighted by Crippen LogP contribution is -2.14. The van der Waals surface area contributed by atoms with Gasteiger partial charge in [-0.05, 0) is 44.0 Å². The van der Waals surface area contributed by atoms with E-state index in [0.717, 1.165) is 24.5 Å². The highest BCUT2D eigenvalue weighted by Crippen LogP contribution is 2.10. The number of rotatable bonds is 4. The lowest BCUT2D eigenvalue weighted by molar-refractivity contribution is 0.675. The standard InChI is InChI=1S/C16H20N2/c1-12-7-8-13(2)15(9-12)10-17-11-16-6-4-5-14(3)18-16/h4-9,17H,10-11H2,1-3H3. The first-order chi connectivity index (χ1) is 8.65. The van der Waals surface area contributed by atoms with Crippen LogP contribution in [-0.4, -0.2) is 4.98 Å². The van der Waals surface area contributed by atoms with Crippen LogP contribution in [0.4, 0.5) is 0 Å². The van der Waals surface area contributed by atoms with Gasteiger partial charge in [-0.15, -0.1) is 0 Å². The van der Waals surface area contributed by atoms with Gasteiger partial charge in [0.25, 0.3) is 0 Å². The van der Waals surface area contributed by atoms with Crippen molar-refractivity contribution in [3.8, 4) is 0 Å². The largest absolute Gasteiger partial charge is 0.307 e. The molecule has 0 aliphatic carbocycles. The number of aryl methyl sites for hydroxylation is 3. The van der Waals surface area contributed by atoms with Gasteiger partial charge in [-0.25, -0.2) is 0 Å². The molecule has 1 N–H and O–H groups in total. The molecule has 1 heterocycles. The molecule has 94 valence electrons. The van der Waals surface area contributed by atoms with E-state index in [-0.39, 0.29) is 0 Å². The van der Waals surface area contributed by atoms with Gasteiger partial charge in [0.15, 0.2) is 0 Å². The molecule has 0 unspecified atom stereocenters. The van der Waals surface area contributed by atoms with Gasteiger partial charge < -0.3 is 5.32 Å². The number of nitrogens with one attached hydrogen (secondary N) is 1. The molecule has 2 aromatic rings. The monoisotopic (exact) mass is 240 g/mol. The van der Waals surface area contributed by atoms with Gasteiger partial charge in [-0.1, -0.05) is 29.8 Å². The number of nitrogens with zero attached hydrogens (tertiary/aromatic N) is 1. The molecule has 0 fully saturated rings. The molecule has 0 saturated carbocycles. The van der Waals surface area contributed by atoms with E-state index < -0.39 is 0 Å². The Labute approximate surface area is 109 Å². The fourth-order valence-corrected chi connectivity index (χ4v) is 2.01. The second-order valence-electron chi connectivity index (χ2n) is 4.80. The van der Waals surface area contributed by atoms with Crippen molar-refractivity contribution < 1.29 is 0 Å². The summed E-state index contributed by atoms with van der Waals surface area (Å²) in [5.41, 5.74) is 6.18. The molecular formula is C16H20N2. The Bertz CT molecular complexity index is 532. The first-order valence-electron chi connectivity index (χ1n) is 6.34. The second-order valence-corrected chi connectivity index (χ2v) is 4.80. The van der Waals surface area contributed by atoms with Gasteiger partial charge in [0.05, 0.1) is 5.69 Å². The number of hydrogen-bond acceptors (Lipinski definition) is 2. The van der Waals surface area contributed by atoms with Crippen LogP contribution in [-0.2, 0) is 13.1 Å². The molecule has 1 aromatic carbocycles. The minimum Gasteiger partial charge on any atom is -0.307 e. The quantitative estimate of drug-likeness (QED) is 0.887. The molecule has 2 nitrogen and oxygen atoms in total. The van der Waals surface area contributed by atoms with Crippen molar-refractivity contribution in [1.82, 2.24) is 10.3 Å². The minimum atomic E-state index is 0.815. The Morgan fingerprint density at radius 2 is 1.83 bits per heavy atom. The highest BCUT2D eigenvalue weighted by Gasteiger charge is 1.99. The number of pyridine rings is 1. The third-order valence-electron chi connectivity index (χ3n) is 3.07. The molecule has 18 heavy (non-hydrogen) atoms. The molecule has 0 radical (unpaired) electrons. The van der Waals surface area contributed by atoms with E-state index in [9.17, 15) is 0 Å². The summed E-state index contributed by atoms with van der Waals surface area (Å²) in [6.45, 7) is 8.01. The molecule has 2 heteroatoms. The number of aromatic nitrogens is 1. The summed E-state index contributed by atoms with van der Waals surface area (Å²) in [4.78, 5) is 4.48. The third-order valence-corrected chi connectivity index (χ3v) is 3.07. The molecule has 0 aliphatic heterocycles. The average Bonchev–Trinajstić information content (AvgIpc) is 2.34. The highest BCUT2D eigenvalue weighted by atomic mass is 14.9. The van der Waals surface area contributed by atoms with Gasteiger partial charge >= 0.3 is 0 Å². The van der Waals surface area contributed by atoms with Gasteiger partial charge in [0.1, 0.15) is 0 Å². The van der Waals surface area contributed by atoms with Crippen LogP contribution < -0.4 is 5.32 Å². The summed E-state index contributed by atoms with van der Waals surface area (Å²) < 4.78 is 0. The van der Waals surface area contributed by atoms with Gasteiger partial charge in [0.2, 0.25) is 0 Å². The second kappa shape index (κ2) is 5.78. The maximum absolute atomic E-state index is 4.48. The Morgan fingerprint density at radius 3 is 2.61 bits per heavy atom. The van der Waals surface area contributed by atoms with Gasteiger partial charge in [-0.2, -0.15) is 0 Å². The van der Waals surface area contributed by atoms with Crippen molar-refractivity contribution in [3.05, 3.63) is 64.5 Å². The fourth-order valence-electron chi connectivity index (χ4n) is 2.01. The van der Waals surface area contributed by atoms with Crippen molar-refractivity contribution >= 4 is 0 Å². The lowest BCUT2D eigenvalue weighted by Gasteiger charge is -2.09. The topological polar surface area (TPSA) is 24.9 Å². The minimum absolute atomic E-state index is 0.815. The molecule has 0 atom stereocenters. The summed E-state index contributed by atoms with van der Waals surface area (Å²) in [6.07, 6.45) is 0. The maximum atomic E-state index is 4.48. The van der Waals surface area contributed by atoms with Crippen LogP contribution in [0.15, 0.2) is 36.4 Å². The van der Waals surface area contributed by atoms with Crippen LogP contribution in [0.3, 0.4) is 0 Å².